The maximum absolute atomic E-state index is 12.6. The van der Waals surface area contributed by atoms with Crippen LogP contribution in [0.25, 0.3) is 0 Å². The van der Waals surface area contributed by atoms with E-state index in [0.29, 0.717) is 12.3 Å². The number of carbonyl (C=O) groups is 2. The van der Waals surface area contributed by atoms with Crippen LogP contribution in [0.1, 0.15) is 10.4 Å². The molecule has 0 fully saturated rings. The largest absolute Gasteiger partial charge is 0.482 e. The summed E-state index contributed by atoms with van der Waals surface area (Å²) in [4.78, 5) is 39.1. The van der Waals surface area contributed by atoms with Crippen molar-refractivity contribution in [3.05, 3.63) is 50.2 Å². The Morgan fingerprint density at radius 2 is 2.19 bits per heavy atom. The molecule has 2 heterocycles. The van der Waals surface area contributed by atoms with E-state index in [4.69, 9.17) is 4.74 Å². The molecule has 1 aromatic carbocycles. The predicted octanol–water partition coefficient (Wildman–Crippen LogP) is 2.35. The first-order valence-electron chi connectivity index (χ1n) is 7.85. The summed E-state index contributed by atoms with van der Waals surface area (Å²) in [5.41, 5.74) is 1.18. The van der Waals surface area contributed by atoms with Gasteiger partial charge in [0.15, 0.2) is 6.61 Å². The Morgan fingerprint density at radius 3 is 2.85 bits per heavy atom. The van der Waals surface area contributed by atoms with E-state index in [1.165, 1.54) is 23.1 Å². The van der Waals surface area contributed by atoms with Gasteiger partial charge < -0.3 is 9.64 Å². The van der Waals surface area contributed by atoms with Crippen molar-refractivity contribution in [2.75, 3.05) is 25.1 Å². The van der Waals surface area contributed by atoms with Crippen molar-refractivity contribution < 1.29 is 19.2 Å². The van der Waals surface area contributed by atoms with Gasteiger partial charge in [-0.15, -0.1) is 11.3 Å². The minimum absolute atomic E-state index is 0.165. The molecule has 1 aromatic heterocycles. The van der Waals surface area contributed by atoms with Gasteiger partial charge in [-0.2, -0.15) is 0 Å². The number of amides is 2. The summed E-state index contributed by atoms with van der Waals surface area (Å²) in [6.45, 7) is 2.02. The number of carbonyl (C=O) groups excluding carboxylic acids is 2. The van der Waals surface area contributed by atoms with Gasteiger partial charge in [-0.1, -0.05) is 0 Å². The summed E-state index contributed by atoms with van der Waals surface area (Å²) in [7, 11) is 1.67. The van der Waals surface area contributed by atoms with Gasteiger partial charge in [-0.3, -0.25) is 24.6 Å². The molecule has 0 aliphatic carbocycles. The quantitative estimate of drug-likeness (QED) is 0.591. The lowest BCUT2D eigenvalue weighted by Gasteiger charge is -2.30. The van der Waals surface area contributed by atoms with Crippen molar-refractivity contribution in [2.24, 2.45) is 0 Å². The molecule has 2 amide bonds. The number of non-ortho nitro benzene ring substituents is 1. The van der Waals surface area contributed by atoms with Crippen LogP contribution in [0, 0.1) is 17.0 Å². The number of rotatable bonds is 5. The van der Waals surface area contributed by atoms with Crippen molar-refractivity contribution >= 4 is 34.5 Å². The summed E-state index contributed by atoms with van der Waals surface area (Å²) in [6, 6.07) is 5.98. The van der Waals surface area contributed by atoms with E-state index in [1.54, 1.807) is 23.3 Å². The lowest BCUT2D eigenvalue weighted by Crippen LogP contribution is -2.45. The highest BCUT2D eigenvalue weighted by Crippen LogP contribution is 2.35. The predicted molar refractivity (Wildman–Crippen MR) is 96.5 cm³/mol. The number of nitro benzene ring substituents is 1. The minimum atomic E-state index is -0.551. The van der Waals surface area contributed by atoms with Crippen molar-refractivity contribution in [3.63, 3.8) is 0 Å². The highest BCUT2D eigenvalue weighted by molar-refractivity contribution is 7.10. The summed E-state index contributed by atoms with van der Waals surface area (Å²) < 4.78 is 5.31. The normalized spacial score (nSPS) is 13.2. The van der Waals surface area contributed by atoms with Crippen LogP contribution in [-0.4, -0.2) is 41.8 Å². The lowest BCUT2D eigenvalue weighted by atomic mass is 10.2. The molecule has 0 N–H and O–H groups in total. The second-order valence-corrected chi connectivity index (χ2v) is 6.95. The SMILES string of the molecule is Cc1ccsc1CN(C)C(=O)CN1C(=O)COc2ccc([N+](=O)[O-])cc21. The molecule has 0 bridgehead atoms. The minimum Gasteiger partial charge on any atom is -0.482 e. The van der Waals surface area contributed by atoms with Crippen molar-refractivity contribution in [3.8, 4) is 5.75 Å². The molecule has 26 heavy (non-hydrogen) atoms. The molecular weight excluding hydrogens is 358 g/mol. The van der Waals surface area contributed by atoms with E-state index in [9.17, 15) is 19.7 Å². The number of hydrogen-bond acceptors (Lipinski definition) is 6. The number of fused-ring (bicyclic) bond motifs is 1. The van der Waals surface area contributed by atoms with Crippen molar-refractivity contribution in [1.82, 2.24) is 4.90 Å². The number of anilines is 1. The zero-order valence-electron chi connectivity index (χ0n) is 14.3. The maximum atomic E-state index is 12.6. The van der Waals surface area contributed by atoms with Gasteiger partial charge in [0.1, 0.15) is 12.3 Å². The highest BCUT2D eigenvalue weighted by atomic mass is 32.1. The third-order valence-corrected chi connectivity index (χ3v) is 5.17. The molecule has 136 valence electrons. The third kappa shape index (κ3) is 3.52. The average Bonchev–Trinajstić information content (AvgIpc) is 3.01. The van der Waals surface area contributed by atoms with Crippen LogP contribution >= 0.6 is 11.3 Å². The maximum Gasteiger partial charge on any atom is 0.271 e. The Hall–Kier alpha value is -2.94. The first kappa shape index (κ1) is 17.9. The molecule has 0 saturated carbocycles. The molecule has 0 saturated heterocycles. The standard InChI is InChI=1S/C17H17N3O5S/c1-11-5-6-26-15(11)8-18(2)16(21)9-19-13-7-12(20(23)24)3-4-14(13)25-10-17(19)22/h3-7H,8-10H2,1-2H3. The monoisotopic (exact) mass is 375 g/mol. The van der Waals surface area contributed by atoms with Crippen LogP contribution in [0.3, 0.4) is 0 Å². The number of hydrogen-bond donors (Lipinski definition) is 0. The smallest absolute Gasteiger partial charge is 0.271 e. The summed E-state index contributed by atoms with van der Waals surface area (Å²) in [6.07, 6.45) is 0. The van der Waals surface area contributed by atoms with Gasteiger partial charge in [0.05, 0.1) is 17.2 Å². The number of ether oxygens (including phenoxy) is 1. The van der Waals surface area contributed by atoms with E-state index in [1.807, 2.05) is 18.4 Å². The van der Waals surface area contributed by atoms with Gasteiger partial charge in [0, 0.05) is 24.1 Å². The molecule has 2 aromatic rings. The zero-order chi connectivity index (χ0) is 18.8. The van der Waals surface area contributed by atoms with Crippen LogP contribution in [0.4, 0.5) is 11.4 Å². The summed E-state index contributed by atoms with van der Waals surface area (Å²) in [5, 5.41) is 13.0. The number of thiophene rings is 1. The Labute approximate surface area is 153 Å². The van der Waals surface area contributed by atoms with Crippen molar-refractivity contribution in [2.45, 2.75) is 13.5 Å². The van der Waals surface area contributed by atoms with E-state index in [-0.39, 0.29) is 30.4 Å². The fraction of sp³-hybridized carbons (Fsp3) is 0.294. The molecular formula is C17H17N3O5S. The number of nitrogens with zero attached hydrogens (tertiary/aromatic N) is 3. The van der Waals surface area contributed by atoms with Gasteiger partial charge in [0.25, 0.3) is 11.6 Å². The first-order valence-corrected chi connectivity index (χ1v) is 8.73. The number of nitro groups is 1. The topological polar surface area (TPSA) is 93.0 Å². The Balaban J connectivity index is 1.79. The first-order chi connectivity index (χ1) is 12.4. The number of likely N-dealkylation sites (N-methyl/N-ethyl adjacent to an activating group) is 1. The third-order valence-electron chi connectivity index (χ3n) is 4.16. The van der Waals surface area contributed by atoms with Crippen LogP contribution in [0.15, 0.2) is 29.6 Å². The molecule has 9 heteroatoms. The molecule has 0 spiro atoms. The molecule has 0 unspecified atom stereocenters. The molecule has 3 rings (SSSR count). The second-order valence-electron chi connectivity index (χ2n) is 5.95. The summed E-state index contributed by atoms with van der Waals surface area (Å²) >= 11 is 1.57. The van der Waals surface area contributed by atoms with Crippen LogP contribution < -0.4 is 9.64 Å². The van der Waals surface area contributed by atoms with Crippen molar-refractivity contribution in [1.29, 1.82) is 0 Å². The van der Waals surface area contributed by atoms with E-state index in [2.05, 4.69) is 0 Å². The summed E-state index contributed by atoms with van der Waals surface area (Å²) in [5.74, 6) is -0.322. The van der Waals surface area contributed by atoms with E-state index in [0.717, 1.165) is 10.4 Å². The zero-order valence-corrected chi connectivity index (χ0v) is 15.1. The Bertz CT molecular complexity index is 879. The molecule has 0 atom stereocenters. The Morgan fingerprint density at radius 1 is 1.42 bits per heavy atom. The number of aryl methyl sites for hydroxylation is 1. The molecule has 1 aliphatic heterocycles. The highest BCUT2D eigenvalue weighted by Gasteiger charge is 2.30. The van der Waals surface area contributed by atoms with Crippen LogP contribution in [0.5, 0.6) is 5.75 Å². The van der Waals surface area contributed by atoms with E-state index < -0.39 is 10.8 Å². The average molecular weight is 375 g/mol. The fourth-order valence-electron chi connectivity index (χ4n) is 2.60. The van der Waals surface area contributed by atoms with Crippen LogP contribution in [-0.2, 0) is 16.1 Å². The molecule has 1 aliphatic rings. The lowest BCUT2D eigenvalue weighted by molar-refractivity contribution is -0.384. The van der Waals surface area contributed by atoms with Crippen LogP contribution in [0.2, 0.25) is 0 Å². The van der Waals surface area contributed by atoms with Gasteiger partial charge >= 0.3 is 0 Å². The fourth-order valence-corrected chi connectivity index (χ4v) is 3.56. The van der Waals surface area contributed by atoms with Gasteiger partial charge in [-0.05, 0) is 30.0 Å². The van der Waals surface area contributed by atoms with Gasteiger partial charge in [-0.25, -0.2) is 0 Å². The molecule has 0 radical (unpaired) electrons. The second kappa shape index (κ2) is 7.12. The Kier molecular flexibility index (Phi) is 4.90. The molecule has 8 nitrogen and oxygen atoms in total. The number of benzene rings is 1. The van der Waals surface area contributed by atoms with Gasteiger partial charge in [0.2, 0.25) is 5.91 Å². The van der Waals surface area contributed by atoms with E-state index >= 15 is 0 Å².